The van der Waals surface area contributed by atoms with Crippen molar-refractivity contribution in [2.45, 2.75) is 33.3 Å². The number of ether oxygens (including phenoxy) is 2. The first-order valence-electron chi connectivity index (χ1n) is 10.5. The van der Waals surface area contributed by atoms with E-state index in [1.54, 1.807) is 0 Å². The molecule has 1 aliphatic rings. The molecule has 1 saturated heterocycles. The topological polar surface area (TPSA) is 24.9 Å². The maximum Gasteiger partial charge on any atom is 0.161 e. The average Bonchev–Trinajstić information content (AvgIpc) is 2.69. The zero-order valence-electron chi connectivity index (χ0n) is 17.6. The van der Waals surface area contributed by atoms with E-state index in [4.69, 9.17) is 9.47 Å². The number of nitrogens with zero attached hydrogens (tertiary/aromatic N) is 2. The van der Waals surface area contributed by atoms with E-state index in [1.165, 1.54) is 55.8 Å². The molecule has 0 aliphatic carbocycles. The Hall–Kier alpha value is -2.04. The fraction of sp³-hybridized carbons (Fsp3) is 0.500. The summed E-state index contributed by atoms with van der Waals surface area (Å²) in [6.07, 6.45) is 2.25. The molecule has 0 unspecified atom stereocenters. The highest BCUT2D eigenvalue weighted by Crippen LogP contribution is 2.30. The SMILES string of the molecule is CCOc1cc(CCCN2CCN(C)CC2)ccc1OCc1cccc(C)c1. The quantitative estimate of drug-likeness (QED) is 0.650. The first-order chi connectivity index (χ1) is 13.6. The predicted octanol–water partition coefficient (Wildman–Crippen LogP) is 4.15. The lowest BCUT2D eigenvalue weighted by atomic mass is 10.1. The van der Waals surface area contributed by atoms with E-state index in [2.05, 4.69) is 66.2 Å². The monoisotopic (exact) mass is 382 g/mol. The van der Waals surface area contributed by atoms with Crippen molar-refractivity contribution in [1.29, 1.82) is 0 Å². The van der Waals surface area contributed by atoms with Crippen LogP contribution >= 0.6 is 0 Å². The molecule has 0 amide bonds. The molecule has 1 aliphatic heterocycles. The standard InChI is InChI=1S/C24H34N2O2/c1-4-27-24-18-21(9-6-12-26-15-13-25(3)14-16-26)10-11-23(24)28-19-22-8-5-7-20(2)17-22/h5,7-8,10-11,17-18H,4,6,9,12-16,19H2,1-3H3. The second-order valence-corrected chi connectivity index (χ2v) is 7.74. The number of hydrogen-bond acceptors (Lipinski definition) is 4. The Morgan fingerprint density at radius 3 is 2.46 bits per heavy atom. The van der Waals surface area contributed by atoms with Crippen molar-refractivity contribution in [1.82, 2.24) is 9.80 Å². The van der Waals surface area contributed by atoms with Crippen LogP contribution in [0.1, 0.15) is 30.0 Å². The summed E-state index contributed by atoms with van der Waals surface area (Å²) in [5.74, 6) is 1.68. The molecule has 0 aromatic heterocycles. The Morgan fingerprint density at radius 2 is 1.71 bits per heavy atom. The molecule has 0 spiro atoms. The molecule has 0 radical (unpaired) electrons. The summed E-state index contributed by atoms with van der Waals surface area (Å²) >= 11 is 0. The van der Waals surface area contributed by atoms with Crippen LogP contribution in [0.25, 0.3) is 0 Å². The Morgan fingerprint density at radius 1 is 0.893 bits per heavy atom. The van der Waals surface area contributed by atoms with Gasteiger partial charge in [0.05, 0.1) is 6.61 Å². The van der Waals surface area contributed by atoms with Crippen molar-refractivity contribution in [3.8, 4) is 11.5 Å². The summed E-state index contributed by atoms with van der Waals surface area (Å²) in [5.41, 5.74) is 3.75. The molecule has 2 aromatic rings. The second-order valence-electron chi connectivity index (χ2n) is 7.74. The molecule has 4 nitrogen and oxygen atoms in total. The van der Waals surface area contributed by atoms with E-state index in [-0.39, 0.29) is 0 Å². The highest BCUT2D eigenvalue weighted by atomic mass is 16.5. The maximum absolute atomic E-state index is 6.06. The van der Waals surface area contributed by atoms with Crippen LogP contribution in [0.5, 0.6) is 11.5 Å². The number of likely N-dealkylation sites (N-methyl/N-ethyl adjacent to an activating group) is 1. The molecule has 4 heteroatoms. The summed E-state index contributed by atoms with van der Waals surface area (Å²) < 4.78 is 11.9. The van der Waals surface area contributed by atoms with Gasteiger partial charge in [-0.2, -0.15) is 0 Å². The summed E-state index contributed by atoms with van der Waals surface area (Å²) in [6.45, 7) is 11.2. The van der Waals surface area contributed by atoms with Crippen molar-refractivity contribution < 1.29 is 9.47 Å². The molecule has 0 N–H and O–H groups in total. The smallest absolute Gasteiger partial charge is 0.161 e. The van der Waals surface area contributed by atoms with Gasteiger partial charge in [0.1, 0.15) is 6.61 Å². The van der Waals surface area contributed by atoms with Gasteiger partial charge in [0.25, 0.3) is 0 Å². The number of hydrogen-bond donors (Lipinski definition) is 0. The van der Waals surface area contributed by atoms with Crippen LogP contribution in [-0.4, -0.2) is 56.2 Å². The van der Waals surface area contributed by atoms with Crippen LogP contribution in [0.4, 0.5) is 0 Å². The van der Waals surface area contributed by atoms with Crippen LogP contribution in [0.15, 0.2) is 42.5 Å². The molecule has 1 heterocycles. The van der Waals surface area contributed by atoms with Gasteiger partial charge >= 0.3 is 0 Å². The molecular weight excluding hydrogens is 348 g/mol. The largest absolute Gasteiger partial charge is 0.490 e. The van der Waals surface area contributed by atoms with E-state index in [9.17, 15) is 0 Å². The fourth-order valence-electron chi connectivity index (χ4n) is 3.64. The number of piperazine rings is 1. The van der Waals surface area contributed by atoms with Gasteiger partial charge in [0, 0.05) is 26.2 Å². The molecule has 1 fully saturated rings. The molecule has 0 saturated carbocycles. The summed E-state index contributed by atoms with van der Waals surface area (Å²) in [5, 5.41) is 0. The first kappa shape index (κ1) is 20.7. The van der Waals surface area contributed by atoms with Gasteiger partial charge in [-0.1, -0.05) is 35.9 Å². The molecule has 3 rings (SSSR count). The molecule has 28 heavy (non-hydrogen) atoms. The van der Waals surface area contributed by atoms with Gasteiger partial charge < -0.3 is 19.3 Å². The number of aryl methyl sites for hydroxylation is 2. The molecule has 0 bridgehead atoms. The molecule has 2 aromatic carbocycles. The lowest BCUT2D eigenvalue weighted by Crippen LogP contribution is -2.44. The molecule has 0 atom stereocenters. The van der Waals surface area contributed by atoms with Crippen LogP contribution in [-0.2, 0) is 13.0 Å². The average molecular weight is 383 g/mol. The fourth-order valence-corrected chi connectivity index (χ4v) is 3.64. The van der Waals surface area contributed by atoms with Crippen molar-refractivity contribution >= 4 is 0 Å². The predicted molar refractivity (Wildman–Crippen MR) is 115 cm³/mol. The van der Waals surface area contributed by atoms with Gasteiger partial charge in [-0.05, 0) is 63.5 Å². The third kappa shape index (κ3) is 6.25. The zero-order valence-corrected chi connectivity index (χ0v) is 17.6. The summed E-state index contributed by atoms with van der Waals surface area (Å²) in [4.78, 5) is 4.98. The minimum Gasteiger partial charge on any atom is -0.490 e. The van der Waals surface area contributed by atoms with E-state index in [1.807, 2.05) is 6.92 Å². The third-order valence-corrected chi connectivity index (χ3v) is 5.32. The normalized spacial score (nSPS) is 15.5. The van der Waals surface area contributed by atoms with Gasteiger partial charge in [0.2, 0.25) is 0 Å². The minimum absolute atomic E-state index is 0.560. The number of benzene rings is 2. The van der Waals surface area contributed by atoms with Crippen molar-refractivity contribution in [3.63, 3.8) is 0 Å². The molecule has 152 valence electrons. The number of rotatable bonds is 9. The van der Waals surface area contributed by atoms with Crippen molar-refractivity contribution in [3.05, 3.63) is 59.2 Å². The van der Waals surface area contributed by atoms with Gasteiger partial charge in [-0.25, -0.2) is 0 Å². The Kier molecular flexibility index (Phi) is 7.75. The Bertz CT molecular complexity index is 739. The van der Waals surface area contributed by atoms with Crippen LogP contribution in [0, 0.1) is 6.92 Å². The second kappa shape index (κ2) is 10.5. The Labute approximate surface area is 170 Å². The van der Waals surface area contributed by atoms with Crippen molar-refractivity contribution in [2.75, 3.05) is 46.4 Å². The van der Waals surface area contributed by atoms with Gasteiger partial charge in [-0.15, -0.1) is 0 Å². The van der Waals surface area contributed by atoms with E-state index in [0.717, 1.165) is 17.9 Å². The van der Waals surface area contributed by atoms with E-state index >= 15 is 0 Å². The maximum atomic E-state index is 6.06. The minimum atomic E-state index is 0.560. The lowest BCUT2D eigenvalue weighted by molar-refractivity contribution is 0.153. The highest BCUT2D eigenvalue weighted by molar-refractivity contribution is 5.43. The van der Waals surface area contributed by atoms with Crippen LogP contribution in [0.3, 0.4) is 0 Å². The van der Waals surface area contributed by atoms with Crippen LogP contribution in [0.2, 0.25) is 0 Å². The van der Waals surface area contributed by atoms with E-state index < -0.39 is 0 Å². The highest BCUT2D eigenvalue weighted by Gasteiger charge is 2.13. The van der Waals surface area contributed by atoms with Gasteiger partial charge in [0.15, 0.2) is 11.5 Å². The summed E-state index contributed by atoms with van der Waals surface area (Å²) in [6, 6.07) is 14.8. The lowest BCUT2D eigenvalue weighted by Gasteiger charge is -2.32. The first-order valence-corrected chi connectivity index (χ1v) is 10.5. The van der Waals surface area contributed by atoms with Crippen molar-refractivity contribution in [2.24, 2.45) is 0 Å². The Balaban J connectivity index is 1.54. The van der Waals surface area contributed by atoms with Gasteiger partial charge in [-0.3, -0.25) is 0 Å². The van der Waals surface area contributed by atoms with Crippen LogP contribution < -0.4 is 9.47 Å². The zero-order chi connectivity index (χ0) is 19.8. The third-order valence-electron chi connectivity index (χ3n) is 5.32. The molecular formula is C24H34N2O2. The van der Waals surface area contributed by atoms with E-state index in [0.29, 0.717) is 13.2 Å². The summed E-state index contributed by atoms with van der Waals surface area (Å²) in [7, 11) is 2.20.